The number of ether oxygens (including phenoxy) is 2. The number of nitrogens with zero attached hydrogens (tertiary/aromatic N) is 1. The summed E-state index contributed by atoms with van der Waals surface area (Å²) in [6.45, 7) is 7.73. The van der Waals surface area contributed by atoms with Crippen LogP contribution in [0.15, 0.2) is 23.2 Å². The Balaban J connectivity index is 2.77. The molecule has 0 spiro atoms. The number of phenolic OH excluding ortho intramolecular Hbond substituents is 1. The second-order valence-corrected chi connectivity index (χ2v) is 5.51. The van der Waals surface area contributed by atoms with E-state index in [-0.39, 0.29) is 11.4 Å². The predicted molar refractivity (Wildman–Crippen MR) is 88.6 cm³/mol. The lowest BCUT2D eigenvalue weighted by Gasteiger charge is -2.24. The molecule has 0 fully saturated rings. The minimum Gasteiger partial charge on any atom is -0.508 e. The van der Waals surface area contributed by atoms with Gasteiger partial charge in [-0.15, -0.1) is 0 Å². The molecule has 22 heavy (non-hydrogen) atoms. The molecule has 124 valence electrons. The molecule has 0 aliphatic heterocycles. The molecule has 6 nitrogen and oxygen atoms in total. The molecule has 0 atom stereocenters. The molecule has 1 rings (SSSR count). The molecule has 0 aromatic heterocycles. The molecule has 0 saturated heterocycles. The molecular weight excluding hydrogens is 282 g/mol. The highest BCUT2D eigenvalue weighted by molar-refractivity contribution is 5.79. The SMILES string of the molecule is CCNC(=NCc1cc(OC)ccc1O)NCC(C)(C)OC. The highest BCUT2D eigenvalue weighted by Crippen LogP contribution is 2.23. The topological polar surface area (TPSA) is 75.1 Å². The van der Waals surface area contributed by atoms with Crippen LogP contribution < -0.4 is 15.4 Å². The molecule has 1 aromatic rings. The second kappa shape index (κ2) is 8.48. The van der Waals surface area contributed by atoms with Gasteiger partial charge in [-0.2, -0.15) is 0 Å². The normalized spacial score (nSPS) is 12.1. The highest BCUT2D eigenvalue weighted by Gasteiger charge is 2.16. The summed E-state index contributed by atoms with van der Waals surface area (Å²) in [6, 6.07) is 5.10. The highest BCUT2D eigenvalue weighted by atomic mass is 16.5. The van der Waals surface area contributed by atoms with Crippen LogP contribution >= 0.6 is 0 Å². The lowest BCUT2D eigenvalue weighted by molar-refractivity contribution is 0.0268. The lowest BCUT2D eigenvalue weighted by Crippen LogP contribution is -2.45. The summed E-state index contributed by atoms with van der Waals surface area (Å²) >= 11 is 0. The van der Waals surface area contributed by atoms with Gasteiger partial charge in [0.15, 0.2) is 5.96 Å². The van der Waals surface area contributed by atoms with E-state index in [0.717, 1.165) is 6.54 Å². The average Bonchev–Trinajstić information content (AvgIpc) is 2.51. The first kappa shape index (κ1) is 18.1. The Hall–Kier alpha value is -1.95. The van der Waals surface area contributed by atoms with E-state index >= 15 is 0 Å². The Labute approximate surface area is 132 Å². The summed E-state index contributed by atoms with van der Waals surface area (Å²) in [4.78, 5) is 4.48. The number of rotatable bonds is 7. The fourth-order valence-electron chi connectivity index (χ4n) is 1.69. The van der Waals surface area contributed by atoms with Crippen molar-refractivity contribution in [3.63, 3.8) is 0 Å². The number of guanidine groups is 1. The van der Waals surface area contributed by atoms with Crippen molar-refractivity contribution >= 4 is 5.96 Å². The Bertz CT molecular complexity index is 501. The van der Waals surface area contributed by atoms with E-state index in [1.54, 1.807) is 32.4 Å². The third-order valence-electron chi connectivity index (χ3n) is 3.27. The third-order valence-corrected chi connectivity index (χ3v) is 3.27. The van der Waals surface area contributed by atoms with Gasteiger partial charge >= 0.3 is 0 Å². The van der Waals surface area contributed by atoms with E-state index in [9.17, 15) is 5.11 Å². The van der Waals surface area contributed by atoms with Crippen molar-refractivity contribution in [1.82, 2.24) is 10.6 Å². The molecule has 0 radical (unpaired) electrons. The van der Waals surface area contributed by atoms with Crippen LogP contribution in [-0.2, 0) is 11.3 Å². The molecule has 0 bridgehead atoms. The van der Waals surface area contributed by atoms with Crippen LogP contribution in [0.2, 0.25) is 0 Å². The number of methoxy groups -OCH3 is 2. The van der Waals surface area contributed by atoms with Crippen molar-refractivity contribution in [2.45, 2.75) is 32.9 Å². The maximum Gasteiger partial charge on any atom is 0.191 e. The first-order chi connectivity index (χ1) is 10.4. The molecular formula is C16H27N3O3. The predicted octanol–water partition coefficient (Wildman–Crippen LogP) is 1.88. The number of aliphatic imine (C=N–C) groups is 1. The standard InChI is InChI=1S/C16H27N3O3/c1-6-17-15(19-11-16(2,3)22-5)18-10-12-9-13(21-4)7-8-14(12)20/h7-9,20H,6,10-11H2,1-5H3,(H2,17,18,19). The Morgan fingerprint density at radius 2 is 2.00 bits per heavy atom. The zero-order valence-electron chi connectivity index (χ0n) is 14.1. The van der Waals surface area contributed by atoms with Gasteiger partial charge < -0.3 is 25.2 Å². The number of aromatic hydroxyl groups is 1. The van der Waals surface area contributed by atoms with Crippen LogP contribution in [-0.4, -0.2) is 44.0 Å². The van der Waals surface area contributed by atoms with E-state index in [1.165, 1.54) is 0 Å². The molecule has 0 aliphatic rings. The summed E-state index contributed by atoms with van der Waals surface area (Å²) in [7, 11) is 3.28. The largest absolute Gasteiger partial charge is 0.508 e. The fourth-order valence-corrected chi connectivity index (χ4v) is 1.69. The quantitative estimate of drug-likeness (QED) is 0.530. The van der Waals surface area contributed by atoms with Crippen molar-refractivity contribution < 1.29 is 14.6 Å². The average molecular weight is 309 g/mol. The summed E-state index contributed by atoms with van der Waals surface area (Å²) in [5.41, 5.74) is 0.427. The zero-order valence-corrected chi connectivity index (χ0v) is 14.1. The lowest BCUT2D eigenvalue weighted by atomic mass is 10.1. The van der Waals surface area contributed by atoms with Gasteiger partial charge in [-0.1, -0.05) is 0 Å². The summed E-state index contributed by atoms with van der Waals surface area (Å²) in [6.07, 6.45) is 0. The van der Waals surface area contributed by atoms with Crippen molar-refractivity contribution in [3.05, 3.63) is 23.8 Å². The van der Waals surface area contributed by atoms with Gasteiger partial charge in [0.25, 0.3) is 0 Å². The summed E-state index contributed by atoms with van der Waals surface area (Å²) in [5.74, 6) is 1.58. The number of phenols is 1. The molecule has 0 amide bonds. The summed E-state index contributed by atoms with van der Waals surface area (Å²) < 4.78 is 10.5. The molecule has 3 N–H and O–H groups in total. The molecule has 1 aromatic carbocycles. The third kappa shape index (κ3) is 5.81. The monoisotopic (exact) mass is 309 g/mol. The second-order valence-electron chi connectivity index (χ2n) is 5.51. The first-order valence-electron chi connectivity index (χ1n) is 7.35. The Morgan fingerprint density at radius 3 is 2.59 bits per heavy atom. The van der Waals surface area contributed by atoms with Crippen molar-refractivity contribution in [2.75, 3.05) is 27.3 Å². The van der Waals surface area contributed by atoms with Crippen molar-refractivity contribution in [2.24, 2.45) is 4.99 Å². The number of hydrogen-bond acceptors (Lipinski definition) is 4. The Morgan fingerprint density at radius 1 is 1.27 bits per heavy atom. The molecule has 0 saturated carbocycles. The summed E-state index contributed by atoms with van der Waals surface area (Å²) in [5, 5.41) is 16.3. The molecule has 0 unspecified atom stereocenters. The first-order valence-corrected chi connectivity index (χ1v) is 7.35. The van der Waals surface area contributed by atoms with E-state index in [0.29, 0.717) is 30.4 Å². The van der Waals surface area contributed by atoms with Gasteiger partial charge in [0, 0.05) is 25.8 Å². The molecule has 0 heterocycles. The van der Waals surface area contributed by atoms with Gasteiger partial charge in [-0.25, -0.2) is 4.99 Å². The van der Waals surface area contributed by atoms with E-state index in [4.69, 9.17) is 9.47 Å². The zero-order chi connectivity index (χ0) is 16.6. The van der Waals surface area contributed by atoms with Gasteiger partial charge in [0.2, 0.25) is 0 Å². The van der Waals surface area contributed by atoms with Crippen LogP contribution in [0.4, 0.5) is 0 Å². The minimum absolute atomic E-state index is 0.206. The van der Waals surface area contributed by atoms with E-state index in [1.807, 2.05) is 20.8 Å². The maximum atomic E-state index is 9.88. The van der Waals surface area contributed by atoms with E-state index in [2.05, 4.69) is 15.6 Å². The van der Waals surface area contributed by atoms with Crippen molar-refractivity contribution in [3.8, 4) is 11.5 Å². The molecule has 0 aliphatic carbocycles. The maximum absolute atomic E-state index is 9.88. The number of hydrogen-bond donors (Lipinski definition) is 3. The van der Waals surface area contributed by atoms with Gasteiger partial charge in [0.1, 0.15) is 11.5 Å². The van der Waals surface area contributed by atoms with Crippen LogP contribution in [0.1, 0.15) is 26.3 Å². The van der Waals surface area contributed by atoms with Gasteiger partial charge in [-0.05, 0) is 39.0 Å². The van der Waals surface area contributed by atoms with Crippen molar-refractivity contribution in [1.29, 1.82) is 0 Å². The van der Waals surface area contributed by atoms with Crippen LogP contribution in [0, 0.1) is 0 Å². The van der Waals surface area contributed by atoms with Crippen LogP contribution in [0.5, 0.6) is 11.5 Å². The Kier molecular flexibility index (Phi) is 6.98. The van der Waals surface area contributed by atoms with E-state index < -0.39 is 0 Å². The van der Waals surface area contributed by atoms with Gasteiger partial charge in [-0.3, -0.25) is 0 Å². The van der Waals surface area contributed by atoms with Crippen LogP contribution in [0.3, 0.4) is 0 Å². The number of benzene rings is 1. The van der Waals surface area contributed by atoms with Crippen LogP contribution in [0.25, 0.3) is 0 Å². The number of nitrogens with one attached hydrogen (secondary N) is 2. The molecule has 6 heteroatoms. The smallest absolute Gasteiger partial charge is 0.191 e. The fraction of sp³-hybridized carbons (Fsp3) is 0.562. The minimum atomic E-state index is -0.283. The van der Waals surface area contributed by atoms with Gasteiger partial charge in [0.05, 0.1) is 19.3 Å².